The number of nitrogens with zero attached hydrogens (tertiary/aromatic N) is 2. The predicted molar refractivity (Wildman–Crippen MR) is 71.0 cm³/mol. The van der Waals surface area contributed by atoms with E-state index >= 15 is 0 Å². The molecule has 2 rings (SSSR count). The van der Waals surface area contributed by atoms with Gasteiger partial charge in [0.05, 0.1) is 6.20 Å². The molecule has 0 bridgehead atoms. The van der Waals surface area contributed by atoms with Crippen molar-refractivity contribution in [3.05, 3.63) is 18.0 Å². The maximum absolute atomic E-state index is 4.26. The van der Waals surface area contributed by atoms with Crippen molar-refractivity contribution in [2.75, 3.05) is 7.05 Å². The standard InChI is InChI=1S/C14H25N3/c1-15-14(9-12-10-16-17(2)11-12)13-7-5-3-4-6-8-13/h10-11,13-15H,3-9H2,1-2H3. The molecule has 1 aromatic heterocycles. The van der Waals surface area contributed by atoms with E-state index in [2.05, 4.69) is 23.7 Å². The molecule has 0 amide bonds. The second-order valence-corrected chi connectivity index (χ2v) is 5.37. The molecule has 1 heterocycles. The van der Waals surface area contributed by atoms with Crippen LogP contribution in [-0.2, 0) is 13.5 Å². The van der Waals surface area contributed by atoms with Crippen molar-refractivity contribution >= 4 is 0 Å². The molecule has 1 fully saturated rings. The van der Waals surface area contributed by atoms with Gasteiger partial charge in [-0.05, 0) is 37.8 Å². The minimum absolute atomic E-state index is 0.622. The Bertz CT molecular complexity index is 324. The average Bonchev–Trinajstić information content (AvgIpc) is 2.58. The second-order valence-electron chi connectivity index (χ2n) is 5.37. The number of likely N-dealkylation sites (N-methyl/N-ethyl adjacent to an activating group) is 1. The summed E-state index contributed by atoms with van der Waals surface area (Å²) >= 11 is 0. The van der Waals surface area contributed by atoms with Crippen molar-refractivity contribution in [2.45, 2.75) is 51.0 Å². The van der Waals surface area contributed by atoms with Crippen LogP contribution in [-0.4, -0.2) is 22.9 Å². The first-order valence-electron chi connectivity index (χ1n) is 6.94. The monoisotopic (exact) mass is 235 g/mol. The van der Waals surface area contributed by atoms with Gasteiger partial charge in [0.2, 0.25) is 0 Å². The molecule has 1 saturated carbocycles. The highest BCUT2D eigenvalue weighted by molar-refractivity contribution is 5.06. The predicted octanol–water partition coefficient (Wildman–Crippen LogP) is 2.52. The smallest absolute Gasteiger partial charge is 0.0522 e. The Labute approximate surface area is 105 Å². The zero-order valence-corrected chi connectivity index (χ0v) is 11.2. The maximum atomic E-state index is 4.26. The van der Waals surface area contributed by atoms with Crippen LogP contribution in [0, 0.1) is 5.92 Å². The number of aromatic nitrogens is 2. The molecule has 0 radical (unpaired) electrons. The Hall–Kier alpha value is -0.830. The fourth-order valence-electron chi connectivity index (χ4n) is 3.05. The molecule has 1 aromatic rings. The molecule has 1 unspecified atom stereocenters. The van der Waals surface area contributed by atoms with Gasteiger partial charge in [-0.1, -0.05) is 25.7 Å². The molecule has 0 aliphatic heterocycles. The summed E-state index contributed by atoms with van der Waals surface area (Å²) < 4.78 is 1.90. The van der Waals surface area contributed by atoms with Gasteiger partial charge < -0.3 is 5.32 Å². The molecule has 0 spiro atoms. The second kappa shape index (κ2) is 6.20. The third-order valence-corrected chi connectivity index (χ3v) is 4.05. The molecule has 3 nitrogen and oxygen atoms in total. The van der Waals surface area contributed by atoms with Crippen molar-refractivity contribution in [3.8, 4) is 0 Å². The highest BCUT2D eigenvalue weighted by Crippen LogP contribution is 2.26. The van der Waals surface area contributed by atoms with Gasteiger partial charge in [0.25, 0.3) is 0 Å². The molecule has 0 aromatic carbocycles. The minimum Gasteiger partial charge on any atom is -0.316 e. The summed E-state index contributed by atoms with van der Waals surface area (Å²) in [6, 6.07) is 0.622. The van der Waals surface area contributed by atoms with Crippen LogP contribution >= 0.6 is 0 Å². The van der Waals surface area contributed by atoms with Crippen molar-refractivity contribution < 1.29 is 0 Å². The van der Waals surface area contributed by atoms with Crippen molar-refractivity contribution in [1.82, 2.24) is 15.1 Å². The first-order valence-corrected chi connectivity index (χ1v) is 6.94. The van der Waals surface area contributed by atoms with E-state index in [-0.39, 0.29) is 0 Å². The third-order valence-electron chi connectivity index (χ3n) is 4.05. The number of rotatable bonds is 4. The summed E-state index contributed by atoms with van der Waals surface area (Å²) in [5.74, 6) is 0.850. The fraction of sp³-hybridized carbons (Fsp3) is 0.786. The van der Waals surface area contributed by atoms with E-state index in [0.717, 1.165) is 12.3 Å². The summed E-state index contributed by atoms with van der Waals surface area (Å²) in [5, 5.41) is 7.78. The van der Waals surface area contributed by atoms with E-state index in [4.69, 9.17) is 0 Å². The fourth-order valence-corrected chi connectivity index (χ4v) is 3.05. The van der Waals surface area contributed by atoms with Crippen LogP contribution in [0.1, 0.15) is 44.1 Å². The van der Waals surface area contributed by atoms with Crippen molar-refractivity contribution in [1.29, 1.82) is 0 Å². The number of nitrogens with one attached hydrogen (secondary N) is 1. The highest BCUT2D eigenvalue weighted by atomic mass is 15.2. The van der Waals surface area contributed by atoms with Gasteiger partial charge in [-0.2, -0.15) is 5.10 Å². The van der Waals surface area contributed by atoms with E-state index in [1.165, 1.54) is 44.1 Å². The van der Waals surface area contributed by atoms with E-state index in [0.29, 0.717) is 6.04 Å². The van der Waals surface area contributed by atoms with E-state index in [1.54, 1.807) is 0 Å². The van der Waals surface area contributed by atoms with Crippen LogP contribution in [0.5, 0.6) is 0 Å². The summed E-state index contributed by atoms with van der Waals surface area (Å²) in [4.78, 5) is 0. The van der Waals surface area contributed by atoms with Gasteiger partial charge in [-0.15, -0.1) is 0 Å². The number of aryl methyl sites for hydroxylation is 1. The summed E-state index contributed by atoms with van der Waals surface area (Å²) in [5.41, 5.74) is 1.36. The lowest BCUT2D eigenvalue weighted by Crippen LogP contribution is -2.35. The lowest BCUT2D eigenvalue weighted by Gasteiger charge is -2.25. The van der Waals surface area contributed by atoms with E-state index < -0.39 is 0 Å². The molecule has 1 N–H and O–H groups in total. The zero-order valence-electron chi connectivity index (χ0n) is 11.2. The Morgan fingerprint density at radius 2 is 2.06 bits per heavy atom. The summed E-state index contributed by atoms with van der Waals surface area (Å²) in [6.07, 6.45) is 13.7. The highest BCUT2D eigenvalue weighted by Gasteiger charge is 2.21. The van der Waals surface area contributed by atoms with Crippen LogP contribution in [0.25, 0.3) is 0 Å². The first kappa shape index (κ1) is 12.6. The van der Waals surface area contributed by atoms with Crippen LogP contribution in [0.3, 0.4) is 0 Å². The average molecular weight is 235 g/mol. The van der Waals surface area contributed by atoms with Crippen molar-refractivity contribution in [2.24, 2.45) is 13.0 Å². The molecule has 1 aliphatic rings. The summed E-state index contributed by atoms with van der Waals surface area (Å²) in [6.45, 7) is 0. The van der Waals surface area contributed by atoms with E-state index in [1.807, 2.05) is 17.9 Å². The third kappa shape index (κ3) is 3.56. The number of hydrogen-bond acceptors (Lipinski definition) is 2. The van der Waals surface area contributed by atoms with Gasteiger partial charge >= 0.3 is 0 Å². The van der Waals surface area contributed by atoms with Gasteiger partial charge in [-0.3, -0.25) is 4.68 Å². The lowest BCUT2D eigenvalue weighted by atomic mass is 9.88. The number of hydrogen-bond donors (Lipinski definition) is 1. The van der Waals surface area contributed by atoms with Gasteiger partial charge in [0.15, 0.2) is 0 Å². The molecule has 17 heavy (non-hydrogen) atoms. The van der Waals surface area contributed by atoms with Crippen LogP contribution in [0.4, 0.5) is 0 Å². The lowest BCUT2D eigenvalue weighted by molar-refractivity contribution is 0.332. The van der Waals surface area contributed by atoms with Crippen LogP contribution in [0.15, 0.2) is 12.4 Å². The van der Waals surface area contributed by atoms with Crippen LogP contribution in [0.2, 0.25) is 0 Å². The molecule has 1 aliphatic carbocycles. The maximum Gasteiger partial charge on any atom is 0.0522 e. The minimum atomic E-state index is 0.622. The van der Waals surface area contributed by atoms with Crippen LogP contribution < -0.4 is 5.32 Å². The van der Waals surface area contributed by atoms with E-state index in [9.17, 15) is 0 Å². The zero-order chi connectivity index (χ0) is 12.1. The molecule has 0 saturated heterocycles. The Morgan fingerprint density at radius 1 is 1.35 bits per heavy atom. The molecular weight excluding hydrogens is 210 g/mol. The normalized spacial score (nSPS) is 20.1. The Morgan fingerprint density at radius 3 is 2.59 bits per heavy atom. The largest absolute Gasteiger partial charge is 0.316 e. The first-order chi connectivity index (χ1) is 8.29. The van der Waals surface area contributed by atoms with Gasteiger partial charge in [0, 0.05) is 19.3 Å². The Kier molecular flexibility index (Phi) is 4.60. The molecular formula is C14H25N3. The van der Waals surface area contributed by atoms with Gasteiger partial charge in [0.1, 0.15) is 0 Å². The van der Waals surface area contributed by atoms with Gasteiger partial charge in [-0.25, -0.2) is 0 Å². The SMILES string of the molecule is CNC(Cc1cnn(C)c1)C1CCCCCC1. The topological polar surface area (TPSA) is 29.9 Å². The molecule has 3 heteroatoms. The molecule has 1 atom stereocenters. The quantitative estimate of drug-likeness (QED) is 0.813. The summed E-state index contributed by atoms with van der Waals surface area (Å²) in [7, 11) is 4.09. The van der Waals surface area contributed by atoms with Crippen molar-refractivity contribution in [3.63, 3.8) is 0 Å². The Balaban J connectivity index is 1.95. The molecule has 96 valence electrons.